The van der Waals surface area contributed by atoms with Crippen molar-refractivity contribution < 1.29 is 27.6 Å². The number of β-lactam (4-membered cyclic amide) rings is 1. The lowest BCUT2D eigenvalue weighted by molar-refractivity contribution is -0.170. The first-order chi connectivity index (χ1) is 18.0. The maximum absolute atomic E-state index is 14.0. The molecule has 3 atom stereocenters. The number of aromatic nitrogens is 1. The Labute approximate surface area is 223 Å². The molecule has 204 valence electrons. The van der Waals surface area contributed by atoms with E-state index in [1.54, 1.807) is 36.4 Å². The van der Waals surface area contributed by atoms with Crippen LogP contribution >= 0.6 is 11.6 Å². The standard InChI is InChI=1S/C26H29ClF3N5O3/c1-34(18-9-7-17(27)8-10-18)24(37)21-19(13-15-11-12-32-20(31)14-15)23(36)35(21)25(38)33-22(26(28,29)30)16-5-3-2-4-6-16/h7-12,14,16,19,21-22H,2-6,13H2,1H3,(H2,31,32)(H,33,38)/t19-,21-,22?/m0/s1. The second-order valence-electron chi connectivity index (χ2n) is 9.79. The molecule has 1 aromatic heterocycles. The maximum atomic E-state index is 14.0. The fourth-order valence-corrected chi connectivity index (χ4v) is 5.39. The third kappa shape index (κ3) is 5.87. The summed E-state index contributed by atoms with van der Waals surface area (Å²) in [6, 6.07) is 4.86. The van der Waals surface area contributed by atoms with Gasteiger partial charge in [-0.25, -0.2) is 9.78 Å². The van der Waals surface area contributed by atoms with Crippen LogP contribution in [0.5, 0.6) is 0 Å². The van der Waals surface area contributed by atoms with Gasteiger partial charge in [-0.15, -0.1) is 0 Å². The molecule has 12 heteroatoms. The molecule has 1 saturated heterocycles. The molecule has 1 unspecified atom stereocenters. The van der Waals surface area contributed by atoms with Crippen LogP contribution in [0, 0.1) is 11.8 Å². The van der Waals surface area contributed by atoms with Crippen LogP contribution in [-0.4, -0.2) is 53.0 Å². The van der Waals surface area contributed by atoms with Crippen molar-refractivity contribution in [2.75, 3.05) is 17.7 Å². The van der Waals surface area contributed by atoms with Crippen molar-refractivity contribution in [2.45, 2.75) is 56.8 Å². The number of halogens is 4. The number of nitrogen functional groups attached to an aromatic ring is 1. The van der Waals surface area contributed by atoms with E-state index in [4.69, 9.17) is 17.3 Å². The Balaban J connectivity index is 1.60. The molecule has 2 heterocycles. The van der Waals surface area contributed by atoms with Gasteiger partial charge in [0.2, 0.25) is 5.91 Å². The third-order valence-electron chi connectivity index (χ3n) is 7.28. The molecule has 8 nitrogen and oxygen atoms in total. The van der Waals surface area contributed by atoms with E-state index in [9.17, 15) is 27.6 Å². The van der Waals surface area contributed by atoms with Gasteiger partial charge in [0, 0.05) is 24.0 Å². The fraction of sp³-hybridized carbons (Fsp3) is 0.462. The summed E-state index contributed by atoms with van der Waals surface area (Å²) in [6.07, 6.45) is -0.412. The van der Waals surface area contributed by atoms with Crippen molar-refractivity contribution in [3.8, 4) is 0 Å². The maximum Gasteiger partial charge on any atom is 0.408 e. The number of anilines is 2. The normalized spacial score (nSPS) is 21.0. The van der Waals surface area contributed by atoms with Crippen molar-refractivity contribution in [1.29, 1.82) is 0 Å². The first kappa shape index (κ1) is 27.7. The van der Waals surface area contributed by atoms with Gasteiger partial charge in [-0.3, -0.25) is 14.5 Å². The summed E-state index contributed by atoms with van der Waals surface area (Å²) in [4.78, 5) is 45.7. The topological polar surface area (TPSA) is 109 Å². The second kappa shape index (κ2) is 11.2. The highest BCUT2D eigenvalue weighted by molar-refractivity contribution is 6.30. The van der Waals surface area contributed by atoms with Gasteiger partial charge >= 0.3 is 12.2 Å². The van der Waals surface area contributed by atoms with Crippen LogP contribution in [0.1, 0.15) is 37.7 Å². The van der Waals surface area contributed by atoms with Gasteiger partial charge in [-0.05, 0) is 67.1 Å². The van der Waals surface area contributed by atoms with Crippen LogP contribution in [0.3, 0.4) is 0 Å². The summed E-state index contributed by atoms with van der Waals surface area (Å²) in [5.74, 6) is -2.89. The number of pyridine rings is 1. The van der Waals surface area contributed by atoms with Crippen LogP contribution in [0.15, 0.2) is 42.6 Å². The van der Waals surface area contributed by atoms with Crippen molar-refractivity contribution in [1.82, 2.24) is 15.2 Å². The molecule has 4 amide bonds. The fourth-order valence-electron chi connectivity index (χ4n) is 5.26. The first-order valence-electron chi connectivity index (χ1n) is 12.4. The Kier molecular flexibility index (Phi) is 8.15. The Bertz CT molecular complexity index is 1190. The van der Waals surface area contributed by atoms with E-state index in [1.807, 2.05) is 5.32 Å². The van der Waals surface area contributed by atoms with Gasteiger partial charge in [0.1, 0.15) is 17.9 Å². The number of rotatable bonds is 6. The lowest BCUT2D eigenvalue weighted by Gasteiger charge is -2.46. The number of imide groups is 1. The summed E-state index contributed by atoms with van der Waals surface area (Å²) < 4.78 is 41.9. The predicted molar refractivity (Wildman–Crippen MR) is 136 cm³/mol. The van der Waals surface area contributed by atoms with E-state index >= 15 is 0 Å². The van der Waals surface area contributed by atoms with Crippen molar-refractivity contribution in [2.24, 2.45) is 11.8 Å². The molecule has 1 aliphatic heterocycles. The van der Waals surface area contributed by atoms with Gasteiger partial charge in [0.15, 0.2) is 0 Å². The van der Waals surface area contributed by atoms with Crippen LogP contribution in [0.25, 0.3) is 0 Å². The number of hydrogen-bond donors (Lipinski definition) is 2. The zero-order chi connectivity index (χ0) is 27.6. The van der Waals surface area contributed by atoms with Crippen LogP contribution in [-0.2, 0) is 16.0 Å². The van der Waals surface area contributed by atoms with Crippen molar-refractivity contribution in [3.05, 3.63) is 53.2 Å². The molecular weight excluding hydrogens is 523 g/mol. The molecule has 0 spiro atoms. The van der Waals surface area contributed by atoms with Crippen LogP contribution in [0.2, 0.25) is 5.02 Å². The summed E-state index contributed by atoms with van der Waals surface area (Å²) in [7, 11) is 1.46. The van der Waals surface area contributed by atoms with Gasteiger partial charge in [0.05, 0.1) is 5.92 Å². The largest absolute Gasteiger partial charge is 0.408 e. The summed E-state index contributed by atoms with van der Waals surface area (Å²) in [6.45, 7) is 0. The number of nitrogens with two attached hydrogens (primary N) is 1. The number of alkyl halides is 3. The number of likely N-dealkylation sites (N-methyl/N-ethyl adjacent to an activating group) is 1. The first-order valence-corrected chi connectivity index (χ1v) is 12.8. The molecule has 0 radical (unpaired) electrons. The number of carbonyl (C=O) groups is 3. The lowest BCUT2D eigenvalue weighted by Crippen LogP contribution is -2.71. The number of hydrogen-bond acceptors (Lipinski definition) is 5. The highest BCUT2D eigenvalue weighted by atomic mass is 35.5. The monoisotopic (exact) mass is 551 g/mol. The molecule has 0 bridgehead atoms. The van der Waals surface area contributed by atoms with Crippen molar-refractivity contribution in [3.63, 3.8) is 0 Å². The van der Waals surface area contributed by atoms with E-state index < -0.39 is 47.9 Å². The molecule has 2 fully saturated rings. The molecule has 4 rings (SSSR count). The van der Waals surface area contributed by atoms with E-state index in [1.165, 1.54) is 18.1 Å². The Hall–Kier alpha value is -3.34. The average Bonchev–Trinajstić information content (AvgIpc) is 2.88. The van der Waals surface area contributed by atoms with E-state index in [2.05, 4.69) is 4.98 Å². The highest BCUT2D eigenvalue weighted by Gasteiger charge is 2.56. The Morgan fingerprint density at radius 2 is 1.84 bits per heavy atom. The number of likely N-dealkylation sites (tertiary alicyclic amines) is 1. The zero-order valence-corrected chi connectivity index (χ0v) is 21.5. The zero-order valence-electron chi connectivity index (χ0n) is 20.7. The molecule has 2 aromatic rings. The number of benzene rings is 1. The van der Waals surface area contributed by atoms with E-state index in [0.29, 0.717) is 46.9 Å². The number of nitrogens with zero attached hydrogens (tertiary/aromatic N) is 3. The minimum atomic E-state index is -4.70. The van der Waals surface area contributed by atoms with E-state index in [0.717, 1.165) is 6.42 Å². The minimum absolute atomic E-state index is 0.0610. The molecule has 1 aromatic carbocycles. The SMILES string of the molecule is CN(C(=O)[C@@H]1[C@H](Cc2ccnc(N)c2)C(=O)N1C(=O)NC(C1CCCCC1)C(F)(F)F)c1ccc(Cl)cc1. The molecule has 3 N–H and O–H groups in total. The highest BCUT2D eigenvalue weighted by Crippen LogP contribution is 2.37. The minimum Gasteiger partial charge on any atom is -0.384 e. The number of urea groups is 1. The summed E-state index contributed by atoms with van der Waals surface area (Å²) >= 11 is 5.94. The summed E-state index contributed by atoms with van der Waals surface area (Å²) in [5, 5.41) is 2.49. The molecule has 2 aliphatic rings. The number of carbonyl (C=O) groups excluding carboxylic acids is 3. The van der Waals surface area contributed by atoms with Gasteiger partial charge in [-0.1, -0.05) is 30.9 Å². The second-order valence-corrected chi connectivity index (χ2v) is 10.2. The Morgan fingerprint density at radius 1 is 1.18 bits per heavy atom. The van der Waals surface area contributed by atoms with Crippen LogP contribution < -0.4 is 16.0 Å². The molecule has 1 saturated carbocycles. The summed E-state index contributed by atoms with van der Waals surface area (Å²) in [5.41, 5.74) is 6.79. The van der Waals surface area contributed by atoms with E-state index in [-0.39, 0.29) is 12.2 Å². The third-order valence-corrected chi connectivity index (χ3v) is 7.54. The van der Waals surface area contributed by atoms with Gasteiger partial charge in [0.25, 0.3) is 5.91 Å². The Morgan fingerprint density at radius 3 is 2.45 bits per heavy atom. The lowest BCUT2D eigenvalue weighted by atomic mass is 9.81. The average molecular weight is 552 g/mol. The smallest absolute Gasteiger partial charge is 0.384 e. The molecule has 38 heavy (non-hydrogen) atoms. The molecule has 1 aliphatic carbocycles. The van der Waals surface area contributed by atoms with Gasteiger partial charge in [-0.2, -0.15) is 13.2 Å². The van der Waals surface area contributed by atoms with Gasteiger partial charge < -0.3 is 16.0 Å². The predicted octanol–water partition coefficient (Wildman–Crippen LogP) is 4.57. The van der Waals surface area contributed by atoms with Crippen molar-refractivity contribution >= 4 is 41.0 Å². The molecular formula is C26H29ClF3N5O3. The number of amides is 4. The number of nitrogens with one attached hydrogen (secondary N) is 1. The quantitative estimate of drug-likeness (QED) is 0.511. The van der Waals surface area contributed by atoms with Crippen LogP contribution in [0.4, 0.5) is 29.5 Å².